The highest BCUT2D eigenvalue weighted by atomic mass is 32.2. The van der Waals surface area contributed by atoms with Crippen LogP contribution in [0.2, 0.25) is 0 Å². The summed E-state index contributed by atoms with van der Waals surface area (Å²) >= 11 is 14.5. The Kier molecular flexibility index (Phi) is 4.50. The first-order valence-electron chi connectivity index (χ1n) is 12.0. The van der Waals surface area contributed by atoms with Crippen molar-refractivity contribution in [1.29, 1.82) is 0 Å². The summed E-state index contributed by atoms with van der Waals surface area (Å²) in [6.45, 7) is 0. The van der Waals surface area contributed by atoms with Crippen LogP contribution in [0.15, 0.2) is 130 Å². The zero-order chi connectivity index (χ0) is 24.1. The largest absolute Gasteiger partial charge is 0.142 e. The Morgan fingerprint density at radius 2 is 0.722 bits per heavy atom. The molecule has 4 aromatic rings. The smallest absolute Gasteiger partial charge is 0.0976 e. The van der Waals surface area contributed by atoms with Crippen LogP contribution < -0.4 is 0 Å². The van der Waals surface area contributed by atoms with E-state index in [0.29, 0.717) is 0 Å². The predicted octanol–water partition coefficient (Wildman–Crippen LogP) is 8.89. The second kappa shape index (κ2) is 7.52. The summed E-state index contributed by atoms with van der Waals surface area (Å²) in [6.07, 6.45) is 0. The lowest BCUT2D eigenvalue weighted by Gasteiger charge is -2.53. The fourth-order valence-electron chi connectivity index (χ4n) is 6.47. The molecule has 36 heavy (non-hydrogen) atoms. The van der Waals surface area contributed by atoms with Crippen molar-refractivity contribution in [3.63, 3.8) is 0 Å². The van der Waals surface area contributed by atoms with Gasteiger partial charge in [-0.1, -0.05) is 109 Å². The zero-order valence-corrected chi connectivity index (χ0v) is 22.5. The summed E-state index contributed by atoms with van der Waals surface area (Å²) in [5, 5.41) is 0. The maximum Gasteiger partial charge on any atom is 0.0976 e. The molecule has 3 aliphatic carbocycles. The highest BCUT2D eigenvalue weighted by molar-refractivity contribution is 8.12. The van der Waals surface area contributed by atoms with Crippen molar-refractivity contribution in [1.82, 2.24) is 0 Å². The second-order valence-electron chi connectivity index (χ2n) is 9.50. The van der Waals surface area contributed by atoms with E-state index in [1.807, 2.05) is 23.5 Å². The monoisotopic (exact) mass is 532 g/mol. The Hall–Kier alpha value is -2.50. The standard InChI is InChI=1S/C32H20S4/c33-27-25-26-28(34)30(20-13-5-2-6-14-20)36-32(26)23-17-9-7-15-21(23)31(25,22-16-8-10-18-24(22)32)35-29(27)19-11-3-1-4-12-19/h1-18,33-34H. The molecule has 0 fully saturated rings. The molecule has 0 atom stereocenters. The van der Waals surface area contributed by atoms with Crippen molar-refractivity contribution < 1.29 is 0 Å². The van der Waals surface area contributed by atoms with E-state index in [1.54, 1.807) is 0 Å². The molecule has 0 aromatic heterocycles. The number of hydrogen-bond acceptors (Lipinski definition) is 4. The van der Waals surface area contributed by atoms with Gasteiger partial charge in [-0.3, -0.25) is 0 Å². The van der Waals surface area contributed by atoms with Crippen LogP contribution in [0.3, 0.4) is 0 Å². The van der Waals surface area contributed by atoms with Crippen LogP contribution in [-0.4, -0.2) is 0 Å². The molecule has 172 valence electrons. The van der Waals surface area contributed by atoms with Crippen LogP contribution >= 0.6 is 48.8 Å². The number of thiol groups is 2. The Labute approximate surface area is 230 Å². The van der Waals surface area contributed by atoms with E-state index in [4.69, 9.17) is 25.3 Å². The third-order valence-corrected chi connectivity index (χ3v) is 12.2. The highest BCUT2D eigenvalue weighted by Crippen LogP contribution is 2.79. The molecule has 2 spiro atoms. The molecule has 0 nitrogen and oxygen atoms in total. The Balaban J connectivity index is 1.54. The maximum absolute atomic E-state index is 5.30. The lowest BCUT2D eigenvalue weighted by atomic mass is 9.59. The molecular formula is C32H20S4. The molecule has 0 N–H and O–H groups in total. The Bertz CT molecular complexity index is 1520. The van der Waals surface area contributed by atoms with Crippen LogP contribution in [-0.2, 0) is 9.49 Å². The van der Waals surface area contributed by atoms with Gasteiger partial charge in [0.15, 0.2) is 0 Å². The topological polar surface area (TPSA) is 0 Å². The van der Waals surface area contributed by atoms with E-state index in [2.05, 4.69) is 109 Å². The molecule has 2 aliphatic heterocycles. The number of rotatable bonds is 2. The summed E-state index contributed by atoms with van der Waals surface area (Å²) in [5.74, 6) is 0. The fraction of sp³-hybridized carbons (Fsp3) is 0.0625. The molecule has 0 unspecified atom stereocenters. The average molecular weight is 533 g/mol. The lowest BCUT2D eigenvalue weighted by molar-refractivity contribution is 0.691. The number of thioether (sulfide) groups is 2. The summed E-state index contributed by atoms with van der Waals surface area (Å²) in [5.41, 5.74) is 10.6. The zero-order valence-electron chi connectivity index (χ0n) is 19.1. The van der Waals surface area contributed by atoms with E-state index in [0.717, 1.165) is 9.81 Å². The van der Waals surface area contributed by atoms with E-state index >= 15 is 0 Å². The summed E-state index contributed by atoms with van der Waals surface area (Å²) in [4.78, 5) is 4.64. The third kappa shape index (κ3) is 2.44. The normalized spacial score (nSPS) is 25.2. The van der Waals surface area contributed by atoms with E-state index < -0.39 is 0 Å². The van der Waals surface area contributed by atoms with E-state index in [9.17, 15) is 0 Å². The summed E-state index contributed by atoms with van der Waals surface area (Å²) < 4.78 is -0.680. The Morgan fingerprint density at radius 1 is 0.417 bits per heavy atom. The molecule has 0 saturated heterocycles. The van der Waals surface area contributed by atoms with Crippen molar-refractivity contribution in [3.8, 4) is 0 Å². The first-order chi connectivity index (χ1) is 17.7. The van der Waals surface area contributed by atoms with Crippen LogP contribution in [0.25, 0.3) is 9.81 Å². The van der Waals surface area contributed by atoms with Gasteiger partial charge < -0.3 is 0 Å². The molecule has 2 bridgehead atoms. The van der Waals surface area contributed by atoms with Crippen molar-refractivity contribution in [2.45, 2.75) is 9.49 Å². The number of hydrogen-bond donors (Lipinski definition) is 2. The molecule has 0 amide bonds. The number of allylic oxidation sites excluding steroid dienone is 2. The van der Waals surface area contributed by atoms with Gasteiger partial charge in [-0.05, 0) is 44.5 Å². The molecule has 4 heteroatoms. The van der Waals surface area contributed by atoms with Gasteiger partial charge in [0.2, 0.25) is 0 Å². The van der Waals surface area contributed by atoms with Crippen molar-refractivity contribution in [2.24, 2.45) is 0 Å². The predicted molar refractivity (Wildman–Crippen MR) is 161 cm³/mol. The van der Waals surface area contributed by atoms with Crippen LogP contribution in [0.5, 0.6) is 0 Å². The molecule has 4 aromatic carbocycles. The van der Waals surface area contributed by atoms with Gasteiger partial charge in [0.1, 0.15) is 0 Å². The lowest BCUT2D eigenvalue weighted by Crippen LogP contribution is -2.46. The van der Waals surface area contributed by atoms with Crippen LogP contribution in [0.4, 0.5) is 0 Å². The average Bonchev–Trinajstić information content (AvgIpc) is 3.43. The van der Waals surface area contributed by atoms with Crippen molar-refractivity contribution in [3.05, 3.63) is 164 Å². The molecular weight excluding hydrogens is 513 g/mol. The van der Waals surface area contributed by atoms with Crippen molar-refractivity contribution >= 4 is 58.6 Å². The van der Waals surface area contributed by atoms with Crippen molar-refractivity contribution in [2.75, 3.05) is 0 Å². The van der Waals surface area contributed by atoms with Gasteiger partial charge in [-0.2, -0.15) is 0 Å². The second-order valence-corrected chi connectivity index (χ2v) is 12.8. The van der Waals surface area contributed by atoms with Gasteiger partial charge in [0.25, 0.3) is 0 Å². The molecule has 5 aliphatic rings. The van der Waals surface area contributed by atoms with Gasteiger partial charge in [-0.25, -0.2) is 0 Å². The molecule has 0 radical (unpaired) electrons. The fourth-order valence-corrected chi connectivity index (χ4v) is 11.0. The summed E-state index contributed by atoms with van der Waals surface area (Å²) in [6, 6.07) is 39.5. The van der Waals surface area contributed by atoms with Gasteiger partial charge in [0.05, 0.1) is 9.49 Å². The van der Waals surface area contributed by atoms with Crippen LogP contribution in [0.1, 0.15) is 33.4 Å². The molecule has 2 heterocycles. The van der Waals surface area contributed by atoms with Gasteiger partial charge in [-0.15, -0.1) is 48.8 Å². The first kappa shape index (κ1) is 21.6. The van der Waals surface area contributed by atoms with E-state index in [1.165, 1.54) is 54.3 Å². The minimum Gasteiger partial charge on any atom is -0.142 e. The summed E-state index contributed by atoms with van der Waals surface area (Å²) in [7, 11) is 0. The third-order valence-electron chi connectivity index (χ3n) is 7.81. The highest BCUT2D eigenvalue weighted by Gasteiger charge is 2.66. The molecule has 0 saturated carbocycles. The van der Waals surface area contributed by atoms with Gasteiger partial charge in [0, 0.05) is 19.6 Å². The minimum absolute atomic E-state index is 0.340. The minimum atomic E-state index is -0.340. The van der Waals surface area contributed by atoms with E-state index in [-0.39, 0.29) is 9.49 Å². The first-order valence-corrected chi connectivity index (χ1v) is 14.5. The quantitative estimate of drug-likeness (QED) is 0.247. The van der Waals surface area contributed by atoms with Gasteiger partial charge >= 0.3 is 0 Å². The maximum atomic E-state index is 5.30. The van der Waals surface area contributed by atoms with Crippen LogP contribution in [0, 0.1) is 0 Å². The Morgan fingerprint density at radius 3 is 1.06 bits per heavy atom. The SMILES string of the molecule is SC1=C(c2ccccc2)SC23C1=C1C(S)=C(c4ccccc4)SC1(c1ccccc12)c1ccccc13. The number of benzene rings is 4. The molecule has 9 rings (SSSR count).